The van der Waals surface area contributed by atoms with Crippen molar-refractivity contribution in [3.05, 3.63) is 36.1 Å². The lowest BCUT2D eigenvalue weighted by atomic mass is 10.1. The van der Waals surface area contributed by atoms with Crippen LogP contribution in [0.1, 0.15) is 31.9 Å². The number of furan rings is 1. The number of likely N-dealkylation sites (tertiary alicyclic amines) is 1. The zero-order valence-corrected chi connectivity index (χ0v) is 17.2. The summed E-state index contributed by atoms with van der Waals surface area (Å²) < 4.78 is 11.0. The van der Waals surface area contributed by atoms with Crippen LogP contribution in [0.15, 0.2) is 39.7 Å². The Kier molecular flexibility index (Phi) is 8.18. The first-order valence-electron chi connectivity index (χ1n) is 10.5. The van der Waals surface area contributed by atoms with E-state index in [-0.39, 0.29) is 0 Å². The number of guanidine groups is 1. The lowest BCUT2D eigenvalue weighted by Crippen LogP contribution is -2.49. The summed E-state index contributed by atoms with van der Waals surface area (Å²) in [5, 5.41) is 8.14. The zero-order chi connectivity index (χ0) is 19.6. The SMILES string of the molecule is CCNC(=NCCc1cc2ccccc2o1)NC1CCN(CCCOC)CC1. The predicted molar refractivity (Wildman–Crippen MR) is 115 cm³/mol. The van der Waals surface area contributed by atoms with Gasteiger partial charge in [0.25, 0.3) is 0 Å². The number of ether oxygens (including phenoxy) is 1. The number of benzene rings is 1. The molecule has 0 unspecified atom stereocenters. The van der Waals surface area contributed by atoms with Crippen LogP contribution >= 0.6 is 0 Å². The van der Waals surface area contributed by atoms with E-state index in [0.717, 1.165) is 81.2 Å². The Morgan fingerprint density at radius 3 is 2.86 bits per heavy atom. The first kappa shape index (κ1) is 20.7. The summed E-state index contributed by atoms with van der Waals surface area (Å²) >= 11 is 0. The summed E-state index contributed by atoms with van der Waals surface area (Å²) in [5.41, 5.74) is 0.948. The van der Waals surface area contributed by atoms with Gasteiger partial charge >= 0.3 is 0 Å². The second-order valence-corrected chi connectivity index (χ2v) is 7.37. The standard InChI is InChI=1S/C22H34N4O2/c1-3-23-22(25-19-10-14-26(15-11-19)13-6-16-27-2)24-12-9-20-17-18-7-4-5-8-21(18)28-20/h4-5,7-8,17,19H,3,6,9-16H2,1-2H3,(H2,23,24,25). The fourth-order valence-corrected chi connectivity index (χ4v) is 3.68. The topological polar surface area (TPSA) is 62.0 Å². The summed E-state index contributed by atoms with van der Waals surface area (Å²) in [6, 6.07) is 10.7. The normalized spacial score (nSPS) is 16.6. The van der Waals surface area contributed by atoms with Crippen molar-refractivity contribution in [1.82, 2.24) is 15.5 Å². The van der Waals surface area contributed by atoms with Gasteiger partial charge in [-0.15, -0.1) is 0 Å². The van der Waals surface area contributed by atoms with Crippen LogP contribution in [-0.2, 0) is 11.2 Å². The van der Waals surface area contributed by atoms with E-state index in [4.69, 9.17) is 14.1 Å². The highest BCUT2D eigenvalue weighted by Crippen LogP contribution is 2.19. The lowest BCUT2D eigenvalue weighted by molar-refractivity contribution is 0.155. The second-order valence-electron chi connectivity index (χ2n) is 7.37. The molecule has 6 nitrogen and oxygen atoms in total. The second kappa shape index (κ2) is 11.1. The van der Waals surface area contributed by atoms with Crippen molar-refractivity contribution in [2.24, 2.45) is 4.99 Å². The van der Waals surface area contributed by atoms with E-state index < -0.39 is 0 Å². The Bertz CT molecular complexity index is 702. The molecule has 2 N–H and O–H groups in total. The molecule has 28 heavy (non-hydrogen) atoms. The number of nitrogens with one attached hydrogen (secondary N) is 2. The number of hydrogen-bond acceptors (Lipinski definition) is 4. The van der Waals surface area contributed by atoms with E-state index in [1.807, 2.05) is 18.2 Å². The Morgan fingerprint density at radius 1 is 1.29 bits per heavy atom. The number of nitrogens with zero attached hydrogens (tertiary/aromatic N) is 2. The minimum Gasteiger partial charge on any atom is -0.461 e. The van der Waals surface area contributed by atoms with Gasteiger partial charge in [0, 0.05) is 64.3 Å². The number of hydrogen-bond donors (Lipinski definition) is 2. The molecule has 1 fully saturated rings. The molecule has 0 atom stereocenters. The fourth-order valence-electron chi connectivity index (χ4n) is 3.68. The number of aliphatic imine (C=N–C) groups is 1. The monoisotopic (exact) mass is 386 g/mol. The third-order valence-corrected chi connectivity index (χ3v) is 5.20. The molecule has 0 bridgehead atoms. The van der Waals surface area contributed by atoms with E-state index in [2.05, 4.69) is 34.6 Å². The van der Waals surface area contributed by atoms with Crippen LogP contribution in [-0.4, -0.2) is 63.3 Å². The third-order valence-electron chi connectivity index (χ3n) is 5.20. The van der Waals surface area contributed by atoms with E-state index in [0.29, 0.717) is 12.6 Å². The van der Waals surface area contributed by atoms with Crippen molar-refractivity contribution in [2.75, 3.05) is 46.4 Å². The molecule has 0 spiro atoms. The Hall–Kier alpha value is -2.05. The number of rotatable bonds is 9. The smallest absolute Gasteiger partial charge is 0.191 e. The van der Waals surface area contributed by atoms with Crippen LogP contribution < -0.4 is 10.6 Å². The van der Waals surface area contributed by atoms with Crippen LogP contribution in [0, 0.1) is 0 Å². The molecular weight excluding hydrogens is 352 g/mol. The molecule has 6 heteroatoms. The molecule has 1 aliphatic rings. The highest BCUT2D eigenvalue weighted by Gasteiger charge is 2.19. The van der Waals surface area contributed by atoms with Gasteiger partial charge in [-0.2, -0.15) is 0 Å². The van der Waals surface area contributed by atoms with Crippen LogP contribution in [0.5, 0.6) is 0 Å². The van der Waals surface area contributed by atoms with Crippen molar-refractivity contribution in [3.8, 4) is 0 Å². The van der Waals surface area contributed by atoms with Crippen molar-refractivity contribution in [3.63, 3.8) is 0 Å². The Labute approximate surface area is 168 Å². The zero-order valence-electron chi connectivity index (χ0n) is 17.2. The van der Waals surface area contributed by atoms with Crippen molar-refractivity contribution in [2.45, 2.75) is 38.6 Å². The van der Waals surface area contributed by atoms with E-state index in [1.54, 1.807) is 7.11 Å². The molecule has 1 aromatic carbocycles. The molecule has 0 saturated carbocycles. The van der Waals surface area contributed by atoms with Crippen LogP contribution in [0.25, 0.3) is 11.0 Å². The van der Waals surface area contributed by atoms with Gasteiger partial charge in [0.15, 0.2) is 5.96 Å². The van der Waals surface area contributed by atoms with Crippen molar-refractivity contribution < 1.29 is 9.15 Å². The average molecular weight is 387 g/mol. The minimum atomic E-state index is 0.489. The van der Waals surface area contributed by atoms with Gasteiger partial charge in [-0.3, -0.25) is 4.99 Å². The van der Waals surface area contributed by atoms with Gasteiger partial charge in [-0.05, 0) is 38.3 Å². The maximum absolute atomic E-state index is 5.89. The van der Waals surface area contributed by atoms with Crippen molar-refractivity contribution >= 4 is 16.9 Å². The summed E-state index contributed by atoms with van der Waals surface area (Å²) in [6.45, 7) is 7.94. The molecule has 2 heterocycles. The molecular formula is C22H34N4O2. The average Bonchev–Trinajstić information content (AvgIpc) is 3.12. The molecule has 3 rings (SSSR count). The summed E-state index contributed by atoms with van der Waals surface area (Å²) in [6.07, 6.45) is 4.23. The fraction of sp³-hybridized carbons (Fsp3) is 0.591. The predicted octanol–water partition coefficient (Wildman–Crippen LogP) is 3.03. The summed E-state index contributed by atoms with van der Waals surface area (Å²) in [7, 11) is 1.77. The Balaban J connectivity index is 1.45. The maximum Gasteiger partial charge on any atom is 0.191 e. The number of piperidine rings is 1. The molecule has 2 aromatic rings. The van der Waals surface area contributed by atoms with Gasteiger partial charge in [0.1, 0.15) is 11.3 Å². The van der Waals surface area contributed by atoms with Crippen molar-refractivity contribution in [1.29, 1.82) is 0 Å². The first-order chi connectivity index (χ1) is 13.8. The number of methoxy groups -OCH3 is 1. The van der Waals surface area contributed by atoms with Gasteiger partial charge in [0.2, 0.25) is 0 Å². The molecule has 0 aliphatic carbocycles. The molecule has 0 amide bonds. The van der Waals surface area contributed by atoms with E-state index in [1.165, 1.54) is 0 Å². The largest absolute Gasteiger partial charge is 0.461 e. The number of fused-ring (bicyclic) bond motifs is 1. The van der Waals surface area contributed by atoms with Gasteiger partial charge in [-0.25, -0.2) is 0 Å². The van der Waals surface area contributed by atoms with Crippen LogP contribution in [0.3, 0.4) is 0 Å². The highest BCUT2D eigenvalue weighted by molar-refractivity contribution is 5.80. The lowest BCUT2D eigenvalue weighted by Gasteiger charge is -2.33. The van der Waals surface area contributed by atoms with E-state index in [9.17, 15) is 0 Å². The minimum absolute atomic E-state index is 0.489. The maximum atomic E-state index is 5.89. The number of para-hydroxylation sites is 1. The van der Waals surface area contributed by atoms with Crippen LogP contribution in [0.4, 0.5) is 0 Å². The molecule has 0 radical (unpaired) electrons. The summed E-state index contributed by atoms with van der Waals surface area (Å²) in [5.74, 6) is 1.90. The molecule has 1 aliphatic heterocycles. The van der Waals surface area contributed by atoms with E-state index >= 15 is 0 Å². The van der Waals surface area contributed by atoms with Gasteiger partial charge in [0.05, 0.1) is 0 Å². The van der Waals surface area contributed by atoms with Crippen LogP contribution in [0.2, 0.25) is 0 Å². The molecule has 154 valence electrons. The van der Waals surface area contributed by atoms with Gasteiger partial charge < -0.3 is 24.7 Å². The summed E-state index contributed by atoms with van der Waals surface area (Å²) in [4.78, 5) is 7.29. The highest BCUT2D eigenvalue weighted by atomic mass is 16.5. The third kappa shape index (κ3) is 6.24. The molecule has 1 aromatic heterocycles. The molecule has 1 saturated heterocycles. The first-order valence-corrected chi connectivity index (χ1v) is 10.5. The Morgan fingerprint density at radius 2 is 2.11 bits per heavy atom. The van der Waals surface area contributed by atoms with Gasteiger partial charge in [-0.1, -0.05) is 18.2 Å². The quantitative estimate of drug-likeness (QED) is 0.394.